The van der Waals surface area contributed by atoms with Crippen molar-refractivity contribution >= 4 is 0 Å². The van der Waals surface area contributed by atoms with Gasteiger partial charge >= 0.3 is 0 Å². The SMILES string of the molecule is CNC(CCc1ccccc1)c1c(F)cccc1OC. The van der Waals surface area contributed by atoms with E-state index >= 15 is 0 Å². The Kier molecular flexibility index (Phi) is 5.13. The van der Waals surface area contributed by atoms with E-state index in [1.54, 1.807) is 19.2 Å². The summed E-state index contributed by atoms with van der Waals surface area (Å²) in [6, 6.07) is 15.1. The van der Waals surface area contributed by atoms with Crippen LogP contribution in [0.2, 0.25) is 0 Å². The lowest BCUT2D eigenvalue weighted by molar-refractivity contribution is 0.390. The highest BCUT2D eigenvalue weighted by Crippen LogP contribution is 2.30. The molecule has 2 aromatic rings. The molecule has 0 aromatic heterocycles. The maximum atomic E-state index is 14.1. The molecule has 2 nitrogen and oxygen atoms in total. The van der Waals surface area contributed by atoms with Gasteiger partial charge in [0.05, 0.1) is 7.11 Å². The van der Waals surface area contributed by atoms with E-state index in [4.69, 9.17) is 4.74 Å². The third-order valence-electron chi connectivity index (χ3n) is 3.49. The van der Waals surface area contributed by atoms with E-state index in [-0.39, 0.29) is 11.9 Å². The fraction of sp³-hybridized carbons (Fsp3) is 0.294. The number of methoxy groups -OCH3 is 1. The number of hydrogen-bond acceptors (Lipinski definition) is 2. The lowest BCUT2D eigenvalue weighted by Crippen LogP contribution is -2.19. The van der Waals surface area contributed by atoms with Gasteiger partial charge < -0.3 is 10.1 Å². The van der Waals surface area contributed by atoms with Gasteiger partial charge in [-0.1, -0.05) is 36.4 Å². The summed E-state index contributed by atoms with van der Waals surface area (Å²) in [5.41, 5.74) is 1.86. The molecule has 106 valence electrons. The van der Waals surface area contributed by atoms with Crippen molar-refractivity contribution in [3.63, 3.8) is 0 Å². The summed E-state index contributed by atoms with van der Waals surface area (Å²) in [7, 11) is 3.42. The zero-order chi connectivity index (χ0) is 14.4. The predicted octanol–water partition coefficient (Wildman–Crippen LogP) is 3.73. The highest BCUT2D eigenvalue weighted by molar-refractivity contribution is 5.37. The summed E-state index contributed by atoms with van der Waals surface area (Å²) in [6.45, 7) is 0. The Labute approximate surface area is 119 Å². The largest absolute Gasteiger partial charge is 0.496 e. The fourth-order valence-electron chi connectivity index (χ4n) is 2.42. The third kappa shape index (κ3) is 3.36. The number of nitrogens with one attached hydrogen (secondary N) is 1. The Balaban J connectivity index is 2.16. The van der Waals surface area contributed by atoms with Crippen LogP contribution in [0.1, 0.15) is 23.6 Å². The quantitative estimate of drug-likeness (QED) is 0.866. The maximum absolute atomic E-state index is 14.1. The summed E-state index contributed by atoms with van der Waals surface area (Å²) >= 11 is 0. The van der Waals surface area contributed by atoms with Gasteiger partial charge in [0.25, 0.3) is 0 Å². The molecule has 1 unspecified atom stereocenters. The number of ether oxygens (including phenoxy) is 1. The normalized spacial score (nSPS) is 12.2. The monoisotopic (exact) mass is 273 g/mol. The van der Waals surface area contributed by atoms with Crippen molar-refractivity contribution in [1.29, 1.82) is 0 Å². The van der Waals surface area contributed by atoms with Crippen LogP contribution in [0.15, 0.2) is 48.5 Å². The van der Waals surface area contributed by atoms with Crippen molar-refractivity contribution in [2.24, 2.45) is 0 Å². The standard InChI is InChI=1S/C17H20FNO/c1-19-15(12-11-13-7-4-3-5-8-13)17-14(18)9-6-10-16(17)20-2/h3-10,15,19H,11-12H2,1-2H3. The molecular weight excluding hydrogens is 253 g/mol. The summed E-state index contributed by atoms with van der Waals surface area (Å²) in [5.74, 6) is 0.370. The Bertz CT molecular complexity index is 542. The fourth-order valence-corrected chi connectivity index (χ4v) is 2.42. The Morgan fingerprint density at radius 3 is 2.50 bits per heavy atom. The minimum Gasteiger partial charge on any atom is -0.496 e. The topological polar surface area (TPSA) is 21.3 Å². The van der Waals surface area contributed by atoms with Gasteiger partial charge in [0.15, 0.2) is 0 Å². The van der Waals surface area contributed by atoms with Gasteiger partial charge in [0.2, 0.25) is 0 Å². The molecule has 0 heterocycles. The van der Waals surface area contributed by atoms with Crippen LogP contribution in [-0.4, -0.2) is 14.2 Å². The average molecular weight is 273 g/mol. The van der Waals surface area contributed by atoms with E-state index in [1.165, 1.54) is 11.6 Å². The summed E-state index contributed by atoms with van der Waals surface area (Å²) in [6.07, 6.45) is 1.71. The second-order valence-electron chi connectivity index (χ2n) is 4.72. The molecule has 0 bridgehead atoms. The van der Waals surface area contributed by atoms with Crippen molar-refractivity contribution in [1.82, 2.24) is 5.32 Å². The molecule has 0 amide bonds. The van der Waals surface area contributed by atoms with Crippen LogP contribution in [0.3, 0.4) is 0 Å². The zero-order valence-corrected chi connectivity index (χ0v) is 11.9. The zero-order valence-electron chi connectivity index (χ0n) is 11.9. The van der Waals surface area contributed by atoms with Crippen LogP contribution in [0.4, 0.5) is 4.39 Å². The molecule has 0 saturated carbocycles. The molecule has 0 radical (unpaired) electrons. The van der Waals surface area contributed by atoms with E-state index in [2.05, 4.69) is 17.4 Å². The number of rotatable bonds is 6. The lowest BCUT2D eigenvalue weighted by atomic mass is 9.98. The number of halogens is 1. The Morgan fingerprint density at radius 2 is 1.85 bits per heavy atom. The third-order valence-corrected chi connectivity index (χ3v) is 3.49. The molecule has 0 saturated heterocycles. The molecule has 20 heavy (non-hydrogen) atoms. The smallest absolute Gasteiger partial charge is 0.131 e. The Morgan fingerprint density at radius 1 is 1.10 bits per heavy atom. The molecule has 1 atom stereocenters. The molecule has 3 heteroatoms. The maximum Gasteiger partial charge on any atom is 0.131 e. The van der Waals surface area contributed by atoms with Crippen molar-refractivity contribution < 1.29 is 9.13 Å². The van der Waals surface area contributed by atoms with E-state index in [0.29, 0.717) is 11.3 Å². The van der Waals surface area contributed by atoms with E-state index in [0.717, 1.165) is 12.8 Å². The molecule has 2 aromatic carbocycles. The second kappa shape index (κ2) is 7.06. The molecule has 2 rings (SSSR count). The van der Waals surface area contributed by atoms with Crippen LogP contribution >= 0.6 is 0 Å². The minimum absolute atomic E-state index is 0.0636. The molecule has 1 N–H and O–H groups in total. The van der Waals surface area contributed by atoms with Crippen molar-refractivity contribution in [2.75, 3.05) is 14.2 Å². The average Bonchev–Trinajstić information content (AvgIpc) is 2.50. The molecular formula is C17H20FNO. The molecule has 0 aliphatic rings. The van der Waals surface area contributed by atoms with Gasteiger partial charge in [-0.2, -0.15) is 0 Å². The molecule has 0 fully saturated rings. The van der Waals surface area contributed by atoms with Gasteiger partial charge in [0.1, 0.15) is 11.6 Å². The van der Waals surface area contributed by atoms with Crippen molar-refractivity contribution in [2.45, 2.75) is 18.9 Å². The highest BCUT2D eigenvalue weighted by Gasteiger charge is 2.18. The van der Waals surface area contributed by atoms with Gasteiger partial charge in [-0.3, -0.25) is 0 Å². The van der Waals surface area contributed by atoms with Gasteiger partial charge in [0, 0.05) is 11.6 Å². The first-order valence-electron chi connectivity index (χ1n) is 6.80. The Hall–Kier alpha value is -1.87. The van der Waals surface area contributed by atoms with Crippen LogP contribution in [-0.2, 0) is 6.42 Å². The van der Waals surface area contributed by atoms with Crippen LogP contribution in [0.25, 0.3) is 0 Å². The number of benzene rings is 2. The van der Waals surface area contributed by atoms with Crippen LogP contribution in [0.5, 0.6) is 5.75 Å². The number of aryl methyl sites for hydroxylation is 1. The van der Waals surface area contributed by atoms with E-state index < -0.39 is 0 Å². The molecule has 0 aliphatic heterocycles. The van der Waals surface area contributed by atoms with E-state index in [9.17, 15) is 4.39 Å². The lowest BCUT2D eigenvalue weighted by Gasteiger charge is -2.20. The first-order valence-corrected chi connectivity index (χ1v) is 6.80. The minimum atomic E-state index is -0.225. The van der Waals surface area contributed by atoms with Crippen molar-refractivity contribution in [3.05, 3.63) is 65.5 Å². The van der Waals surface area contributed by atoms with Gasteiger partial charge in [-0.05, 0) is 37.6 Å². The summed E-state index contributed by atoms with van der Waals surface area (Å²) < 4.78 is 19.4. The van der Waals surface area contributed by atoms with Crippen molar-refractivity contribution in [3.8, 4) is 5.75 Å². The molecule has 0 aliphatic carbocycles. The number of hydrogen-bond donors (Lipinski definition) is 1. The van der Waals surface area contributed by atoms with Gasteiger partial charge in [-0.15, -0.1) is 0 Å². The highest BCUT2D eigenvalue weighted by atomic mass is 19.1. The first-order chi connectivity index (χ1) is 9.76. The van der Waals surface area contributed by atoms with Crippen LogP contribution in [0, 0.1) is 5.82 Å². The summed E-state index contributed by atoms with van der Waals surface area (Å²) in [5, 5.41) is 3.18. The molecule has 0 spiro atoms. The summed E-state index contributed by atoms with van der Waals surface area (Å²) in [4.78, 5) is 0. The second-order valence-corrected chi connectivity index (χ2v) is 4.72. The predicted molar refractivity (Wildman–Crippen MR) is 79.5 cm³/mol. The van der Waals surface area contributed by atoms with E-state index in [1.807, 2.05) is 25.2 Å². The van der Waals surface area contributed by atoms with Gasteiger partial charge in [-0.25, -0.2) is 4.39 Å². The first kappa shape index (κ1) is 14.5. The van der Waals surface area contributed by atoms with Crippen LogP contribution < -0.4 is 10.1 Å².